The molecule has 0 saturated carbocycles. The molecule has 0 atom stereocenters. The Morgan fingerprint density at radius 3 is 2.78 bits per heavy atom. The average molecular weight is 314 g/mol. The molecular formula is C17H18N2O4. The predicted molar refractivity (Wildman–Crippen MR) is 87.3 cm³/mol. The average Bonchev–Trinajstić information content (AvgIpc) is 2.94. The summed E-state index contributed by atoms with van der Waals surface area (Å²) >= 11 is 0. The zero-order chi connectivity index (χ0) is 16.7. The highest BCUT2D eigenvalue weighted by atomic mass is 16.5. The lowest BCUT2D eigenvalue weighted by molar-refractivity contribution is -0.131. The minimum Gasteiger partial charge on any atom is -0.492 e. The van der Waals surface area contributed by atoms with Gasteiger partial charge >= 0.3 is 5.97 Å². The van der Waals surface area contributed by atoms with Crippen molar-refractivity contribution in [2.75, 3.05) is 11.9 Å². The van der Waals surface area contributed by atoms with E-state index in [0.29, 0.717) is 23.7 Å². The van der Waals surface area contributed by atoms with E-state index in [1.54, 1.807) is 35.0 Å². The summed E-state index contributed by atoms with van der Waals surface area (Å²) in [5.41, 5.74) is 1.25. The number of anilines is 1. The number of carboxylic acid groups (broad SMARTS) is 1. The molecule has 23 heavy (non-hydrogen) atoms. The Bertz CT molecular complexity index is 719. The van der Waals surface area contributed by atoms with Gasteiger partial charge in [-0.15, -0.1) is 0 Å². The van der Waals surface area contributed by atoms with Crippen molar-refractivity contribution in [3.8, 4) is 5.75 Å². The number of para-hydroxylation sites is 2. The first-order chi connectivity index (χ1) is 11.1. The van der Waals surface area contributed by atoms with Crippen LogP contribution < -0.4 is 10.1 Å². The van der Waals surface area contributed by atoms with E-state index >= 15 is 0 Å². The molecule has 0 aliphatic carbocycles. The summed E-state index contributed by atoms with van der Waals surface area (Å²) in [7, 11) is 0. The Hall–Kier alpha value is -3.02. The highest BCUT2D eigenvalue weighted by molar-refractivity contribution is 5.92. The summed E-state index contributed by atoms with van der Waals surface area (Å²) < 4.78 is 7.13. The zero-order valence-corrected chi connectivity index (χ0v) is 12.7. The quantitative estimate of drug-likeness (QED) is 0.770. The van der Waals surface area contributed by atoms with Gasteiger partial charge in [-0.25, -0.2) is 4.79 Å². The van der Waals surface area contributed by atoms with E-state index in [-0.39, 0.29) is 12.5 Å². The summed E-state index contributed by atoms with van der Waals surface area (Å²) in [5, 5.41) is 11.5. The molecule has 0 radical (unpaired) electrons. The normalized spacial score (nSPS) is 10.7. The number of nitrogens with one attached hydrogen (secondary N) is 1. The number of ether oxygens (including phenoxy) is 1. The van der Waals surface area contributed by atoms with E-state index in [0.717, 1.165) is 6.08 Å². The van der Waals surface area contributed by atoms with Crippen LogP contribution in [0.25, 0.3) is 6.08 Å². The summed E-state index contributed by atoms with van der Waals surface area (Å²) in [6, 6.07) is 10.7. The van der Waals surface area contributed by atoms with Gasteiger partial charge in [0.1, 0.15) is 12.3 Å². The smallest absolute Gasteiger partial charge is 0.328 e. The third kappa shape index (κ3) is 4.74. The van der Waals surface area contributed by atoms with Gasteiger partial charge in [0.2, 0.25) is 5.91 Å². The molecule has 6 nitrogen and oxygen atoms in total. The number of carbonyl (C=O) groups excluding carboxylic acids is 1. The lowest BCUT2D eigenvalue weighted by Gasteiger charge is -2.12. The molecule has 0 fully saturated rings. The standard InChI is InChI=1S/C17H18N2O4/c1-2-23-15-8-4-3-7-14(15)18-16(20)12-19-11-5-6-13(19)9-10-17(21)22/h3-11H,2,12H2,1H3,(H,18,20)(H,21,22)/b10-9+. The molecule has 1 amide bonds. The predicted octanol–water partition coefficient (Wildman–Crippen LogP) is 2.62. The second-order valence-corrected chi connectivity index (χ2v) is 4.71. The fourth-order valence-electron chi connectivity index (χ4n) is 2.07. The summed E-state index contributed by atoms with van der Waals surface area (Å²) in [6.07, 6.45) is 4.20. The fourth-order valence-corrected chi connectivity index (χ4v) is 2.07. The molecule has 6 heteroatoms. The van der Waals surface area contributed by atoms with Crippen LogP contribution in [0.1, 0.15) is 12.6 Å². The molecule has 2 rings (SSSR count). The monoisotopic (exact) mass is 314 g/mol. The number of hydrogen-bond donors (Lipinski definition) is 2. The van der Waals surface area contributed by atoms with Crippen molar-refractivity contribution in [2.45, 2.75) is 13.5 Å². The Labute approximate surface area is 134 Å². The van der Waals surface area contributed by atoms with Crippen LogP contribution in [0.4, 0.5) is 5.69 Å². The Morgan fingerprint density at radius 2 is 2.04 bits per heavy atom. The third-order valence-electron chi connectivity index (χ3n) is 3.04. The Kier molecular flexibility index (Phi) is 5.57. The molecule has 0 aliphatic rings. The maximum absolute atomic E-state index is 12.2. The van der Waals surface area contributed by atoms with Gasteiger partial charge in [0.15, 0.2) is 0 Å². The van der Waals surface area contributed by atoms with Crippen molar-refractivity contribution in [2.24, 2.45) is 0 Å². The number of rotatable bonds is 7. The first-order valence-electron chi connectivity index (χ1n) is 7.18. The molecular weight excluding hydrogens is 296 g/mol. The van der Waals surface area contributed by atoms with Gasteiger partial charge < -0.3 is 19.7 Å². The van der Waals surface area contributed by atoms with Crippen LogP contribution in [0.3, 0.4) is 0 Å². The number of aromatic nitrogens is 1. The zero-order valence-electron chi connectivity index (χ0n) is 12.7. The van der Waals surface area contributed by atoms with Gasteiger partial charge in [-0.2, -0.15) is 0 Å². The van der Waals surface area contributed by atoms with Gasteiger partial charge in [0.05, 0.1) is 12.3 Å². The van der Waals surface area contributed by atoms with Crippen LogP contribution >= 0.6 is 0 Å². The van der Waals surface area contributed by atoms with Crippen LogP contribution in [0.15, 0.2) is 48.7 Å². The Morgan fingerprint density at radius 1 is 1.26 bits per heavy atom. The van der Waals surface area contributed by atoms with Gasteiger partial charge in [-0.05, 0) is 37.3 Å². The third-order valence-corrected chi connectivity index (χ3v) is 3.04. The summed E-state index contributed by atoms with van der Waals surface area (Å²) in [5.74, 6) is -0.645. The van der Waals surface area contributed by atoms with E-state index < -0.39 is 5.97 Å². The van der Waals surface area contributed by atoms with Crippen molar-refractivity contribution in [3.05, 3.63) is 54.4 Å². The van der Waals surface area contributed by atoms with Crippen molar-refractivity contribution < 1.29 is 19.4 Å². The number of amides is 1. The highest BCUT2D eigenvalue weighted by Crippen LogP contribution is 2.23. The van der Waals surface area contributed by atoms with E-state index in [1.807, 2.05) is 19.1 Å². The van der Waals surface area contributed by atoms with E-state index in [9.17, 15) is 9.59 Å². The van der Waals surface area contributed by atoms with E-state index in [4.69, 9.17) is 9.84 Å². The van der Waals surface area contributed by atoms with Gasteiger partial charge in [0.25, 0.3) is 0 Å². The molecule has 0 saturated heterocycles. The van der Waals surface area contributed by atoms with Crippen LogP contribution in [0.2, 0.25) is 0 Å². The SMILES string of the molecule is CCOc1ccccc1NC(=O)Cn1cccc1/C=C/C(=O)O. The largest absolute Gasteiger partial charge is 0.492 e. The number of hydrogen-bond acceptors (Lipinski definition) is 3. The van der Waals surface area contributed by atoms with Crippen LogP contribution in [0.5, 0.6) is 5.75 Å². The molecule has 0 unspecified atom stereocenters. The summed E-state index contributed by atoms with van der Waals surface area (Å²) in [6.45, 7) is 2.46. The maximum atomic E-state index is 12.2. The molecule has 2 N–H and O–H groups in total. The summed E-state index contributed by atoms with van der Waals surface area (Å²) in [4.78, 5) is 22.8. The molecule has 2 aromatic rings. The van der Waals surface area contributed by atoms with Crippen molar-refractivity contribution in [1.29, 1.82) is 0 Å². The lowest BCUT2D eigenvalue weighted by atomic mass is 10.3. The van der Waals surface area contributed by atoms with Crippen molar-refractivity contribution >= 4 is 23.6 Å². The minimum atomic E-state index is -1.03. The van der Waals surface area contributed by atoms with E-state index in [2.05, 4.69) is 5.32 Å². The minimum absolute atomic E-state index is 0.0761. The second kappa shape index (κ2) is 7.84. The number of benzene rings is 1. The van der Waals surface area contributed by atoms with Gasteiger partial charge in [-0.3, -0.25) is 4.79 Å². The van der Waals surface area contributed by atoms with Crippen LogP contribution in [-0.4, -0.2) is 28.2 Å². The topological polar surface area (TPSA) is 80.6 Å². The molecule has 1 heterocycles. The van der Waals surface area contributed by atoms with Crippen molar-refractivity contribution in [1.82, 2.24) is 4.57 Å². The molecule has 1 aromatic heterocycles. The lowest BCUT2D eigenvalue weighted by Crippen LogP contribution is -2.19. The van der Waals surface area contributed by atoms with Gasteiger partial charge in [-0.1, -0.05) is 12.1 Å². The first kappa shape index (κ1) is 16.4. The van der Waals surface area contributed by atoms with Crippen LogP contribution in [-0.2, 0) is 16.1 Å². The molecule has 0 spiro atoms. The molecule has 120 valence electrons. The Balaban J connectivity index is 2.06. The van der Waals surface area contributed by atoms with Crippen molar-refractivity contribution in [3.63, 3.8) is 0 Å². The van der Waals surface area contributed by atoms with E-state index in [1.165, 1.54) is 6.08 Å². The molecule has 1 aromatic carbocycles. The molecule has 0 bridgehead atoms. The fraction of sp³-hybridized carbons (Fsp3) is 0.176. The van der Waals surface area contributed by atoms with Gasteiger partial charge in [0, 0.05) is 18.0 Å². The first-order valence-corrected chi connectivity index (χ1v) is 7.18. The van der Waals surface area contributed by atoms with Crippen LogP contribution in [0, 0.1) is 0 Å². The number of aliphatic carboxylic acids is 1. The highest BCUT2D eigenvalue weighted by Gasteiger charge is 2.09. The maximum Gasteiger partial charge on any atom is 0.328 e. The number of carboxylic acids is 1. The molecule has 0 aliphatic heterocycles. The number of carbonyl (C=O) groups is 2. The number of nitrogens with zero attached hydrogens (tertiary/aromatic N) is 1. The second-order valence-electron chi connectivity index (χ2n) is 4.71.